The van der Waals surface area contributed by atoms with Gasteiger partial charge in [0.05, 0.1) is 11.7 Å². The van der Waals surface area contributed by atoms with E-state index in [4.69, 9.17) is 4.74 Å². The summed E-state index contributed by atoms with van der Waals surface area (Å²) in [4.78, 5) is 0. The molecule has 1 unspecified atom stereocenters. The molecule has 2 rings (SSSR count). The zero-order chi connectivity index (χ0) is 7.03. The maximum absolute atomic E-state index is 5.89. The molecule has 1 aliphatic heterocycles. The Balaban J connectivity index is 1.91. The van der Waals surface area contributed by atoms with Gasteiger partial charge in [0.15, 0.2) is 0 Å². The van der Waals surface area contributed by atoms with Gasteiger partial charge >= 0.3 is 0 Å². The van der Waals surface area contributed by atoms with E-state index in [0.717, 1.165) is 5.33 Å². The molecule has 0 aromatic heterocycles. The average molecular weight is 205 g/mol. The Hall–Kier alpha value is 0.440. The Bertz CT molecular complexity index is 131. The van der Waals surface area contributed by atoms with Crippen LogP contribution in [0.1, 0.15) is 32.1 Å². The summed E-state index contributed by atoms with van der Waals surface area (Å²) in [5, 5.41) is 1.02. The van der Waals surface area contributed by atoms with Crippen LogP contribution < -0.4 is 0 Å². The number of hydrogen-bond acceptors (Lipinski definition) is 1. The fourth-order valence-electron chi connectivity index (χ4n) is 1.74. The van der Waals surface area contributed by atoms with Crippen LogP contribution in [0, 0.1) is 0 Å². The third-order valence-corrected chi connectivity index (χ3v) is 3.28. The molecule has 2 aliphatic rings. The van der Waals surface area contributed by atoms with Gasteiger partial charge in [0.25, 0.3) is 0 Å². The van der Waals surface area contributed by atoms with Crippen molar-refractivity contribution in [1.29, 1.82) is 0 Å². The first kappa shape index (κ1) is 7.11. The first-order valence-corrected chi connectivity index (χ1v) is 5.21. The van der Waals surface area contributed by atoms with E-state index in [1.165, 1.54) is 32.1 Å². The Morgan fingerprint density at radius 3 is 2.80 bits per heavy atom. The Morgan fingerprint density at radius 2 is 2.20 bits per heavy atom. The van der Waals surface area contributed by atoms with Gasteiger partial charge in [-0.2, -0.15) is 0 Å². The zero-order valence-corrected chi connectivity index (χ0v) is 7.69. The highest BCUT2D eigenvalue weighted by Gasteiger charge is 2.46. The molecule has 1 saturated carbocycles. The monoisotopic (exact) mass is 204 g/mol. The molecule has 0 amide bonds. The van der Waals surface area contributed by atoms with Crippen LogP contribution in [0.4, 0.5) is 0 Å². The Morgan fingerprint density at radius 1 is 1.40 bits per heavy atom. The molecule has 1 atom stereocenters. The molecular formula is C8H13BrO. The van der Waals surface area contributed by atoms with Gasteiger partial charge in [0, 0.05) is 5.33 Å². The van der Waals surface area contributed by atoms with Crippen molar-refractivity contribution < 1.29 is 4.74 Å². The van der Waals surface area contributed by atoms with Crippen LogP contribution in [0.3, 0.4) is 0 Å². The maximum atomic E-state index is 5.89. The highest BCUT2D eigenvalue weighted by atomic mass is 79.9. The maximum Gasteiger partial charge on any atom is 0.0688 e. The van der Waals surface area contributed by atoms with Crippen LogP contribution in [-0.2, 0) is 4.74 Å². The van der Waals surface area contributed by atoms with Gasteiger partial charge < -0.3 is 4.74 Å². The van der Waals surface area contributed by atoms with E-state index >= 15 is 0 Å². The molecule has 0 aromatic carbocycles. The van der Waals surface area contributed by atoms with E-state index in [1.54, 1.807) is 0 Å². The number of alkyl halides is 1. The van der Waals surface area contributed by atoms with Crippen molar-refractivity contribution in [2.24, 2.45) is 0 Å². The lowest BCUT2D eigenvalue weighted by Gasteiger charge is -2.28. The molecule has 1 spiro atoms. The molecule has 1 aliphatic carbocycles. The first-order valence-electron chi connectivity index (χ1n) is 4.08. The number of hydrogen-bond donors (Lipinski definition) is 0. The van der Waals surface area contributed by atoms with Gasteiger partial charge in [0.1, 0.15) is 0 Å². The standard InChI is InChI=1S/C8H13BrO/c9-6-7-2-1-3-8(10-7)4-5-8/h7H,1-6H2. The van der Waals surface area contributed by atoms with E-state index < -0.39 is 0 Å². The van der Waals surface area contributed by atoms with Gasteiger partial charge in [-0.3, -0.25) is 0 Å². The number of ether oxygens (including phenoxy) is 1. The van der Waals surface area contributed by atoms with Crippen molar-refractivity contribution >= 4 is 15.9 Å². The van der Waals surface area contributed by atoms with Crippen LogP contribution in [-0.4, -0.2) is 17.0 Å². The summed E-state index contributed by atoms with van der Waals surface area (Å²) in [5.41, 5.74) is 0.372. The summed E-state index contributed by atoms with van der Waals surface area (Å²) in [7, 11) is 0. The highest BCUT2D eigenvalue weighted by Crippen LogP contribution is 2.48. The largest absolute Gasteiger partial charge is 0.371 e. The molecule has 58 valence electrons. The minimum atomic E-state index is 0.372. The second kappa shape index (κ2) is 2.49. The van der Waals surface area contributed by atoms with E-state index in [0.29, 0.717) is 11.7 Å². The zero-order valence-electron chi connectivity index (χ0n) is 6.11. The molecule has 2 fully saturated rings. The van der Waals surface area contributed by atoms with E-state index in [-0.39, 0.29) is 0 Å². The van der Waals surface area contributed by atoms with Crippen LogP contribution >= 0.6 is 15.9 Å². The predicted molar refractivity (Wildman–Crippen MR) is 44.5 cm³/mol. The van der Waals surface area contributed by atoms with Gasteiger partial charge in [-0.25, -0.2) is 0 Å². The lowest BCUT2D eigenvalue weighted by atomic mass is 10.0. The number of halogens is 1. The molecule has 1 heterocycles. The van der Waals surface area contributed by atoms with Crippen molar-refractivity contribution in [2.75, 3.05) is 5.33 Å². The topological polar surface area (TPSA) is 9.23 Å². The first-order chi connectivity index (χ1) is 4.85. The van der Waals surface area contributed by atoms with Crippen LogP contribution in [0.5, 0.6) is 0 Å². The molecular weight excluding hydrogens is 192 g/mol. The molecule has 10 heavy (non-hydrogen) atoms. The summed E-state index contributed by atoms with van der Waals surface area (Å²) in [6.07, 6.45) is 7.09. The molecule has 1 saturated heterocycles. The van der Waals surface area contributed by atoms with E-state index in [1.807, 2.05) is 0 Å². The molecule has 0 aromatic rings. The molecule has 2 heteroatoms. The van der Waals surface area contributed by atoms with E-state index in [9.17, 15) is 0 Å². The van der Waals surface area contributed by atoms with Crippen LogP contribution in [0.2, 0.25) is 0 Å². The quantitative estimate of drug-likeness (QED) is 0.597. The SMILES string of the molecule is BrCC1CCCC2(CC2)O1. The third-order valence-electron chi connectivity index (χ3n) is 2.55. The van der Waals surface area contributed by atoms with Crippen molar-refractivity contribution in [2.45, 2.75) is 43.8 Å². The fraction of sp³-hybridized carbons (Fsp3) is 1.00. The molecule has 0 N–H and O–H groups in total. The minimum absolute atomic E-state index is 0.372. The van der Waals surface area contributed by atoms with Crippen molar-refractivity contribution in [3.63, 3.8) is 0 Å². The summed E-state index contributed by atoms with van der Waals surface area (Å²) in [6, 6.07) is 0. The normalized spacial score (nSPS) is 36.3. The van der Waals surface area contributed by atoms with Gasteiger partial charge in [-0.05, 0) is 32.1 Å². The third kappa shape index (κ3) is 1.24. The second-order valence-electron chi connectivity index (χ2n) is 3.47. The summed E-state index contributed by atoms with van der Waals surface area (Å²) in [6.45, 7) is 0. The number of rotatable bonds is 1. The minimum Gasteiger partial charge on any atom is -0.371 e. The molecule has 0 radical (unpaired) electrons. The van der Waals surface area contributed by atoms with Gasteiger partial charge in [-0.1, -0.05) is 15.9 Å². The Labute approximate surface area is 70.3 Å². The second-order valence-corrected chi connectivity index (χ2v) is 4.12. The van der Waals surface area contributed by atoms with Crippen LogP contribution in [0.25, 0.3) is 0 Å². The van der Waals surface area contributed by atoms with Crippen molar-refractivity contribution in [1.82, 2.24) is 0 Å². The lowest BCUT2D eigenvalue weighted by Crippen LogP contribution is -2.29. The van der Waals surface area contributed by atoms with Gasteiger partial charge in [-0.15, -0.1) is 0 Å². The highest BCUT2D eigenvalue weighted by molar-refractivity contribution is 9.09. The Kier molecular flexibility index (Phi) is 1.77. The van der Waals surface area contributed by atoms with Crippen molar-refractivity contribution in [3.05, 3.63) is 0 Å². The summed E-state index contributed by atoms with van der Waals surface area (Å²) >= 11 is 3.47. The van der Waals surface area contributed by atoms with Gasteiger partial charge in [0.2, 0.25) is 0 Å². The van der Waals surface area contributed by atoms with E-state index in [2.05, 4.69) is 15.9 Å². The smallest absolute Gasteiger partial charge is 0.0688 e. The lowest BCUT2D eigenvalue weighted by molar-refractivity contribution is -0.0546. The summed E-state index contributed by atoms with van der Waals surface area (Å²) < 4.78 is 5.89. The molecule has 0 bridgehead atoms. The fourth-order valence-corrected chi connectivity index (χ4v) is 2.20. The predicted octanol–water partition coefficient (Wildman–Crippen LogP) is 2.48. The van der Waals surface area contributed by atoms with Crippen molar-refractivity contribution in [3.8, 4) is 0 Å². The average Bonchev–Trinajstić information content (AvgIpc) is 2.70. The van der Waals surface area contributed by atoms with Crippen LogP contribution in [0.15, 0.2) is 0 Å². The summed E-state index contributed by atoms with van der Waals surface area (Å²) in [5.74, 6) is 0. The molecule has 1 nitrogen and oxygen atoms in total.